The van der Waals surface area contributed by atoms with Crippen molar-refractivity contribution in [1.29, 1.82) is 0 Å². The van der Waals surface area contributed by atoms with Crippen molar-refractivity contribution >= 4 is 17.5 Å². The lowest BCUT2D eigenvalue weighted by atomic mass is 10.2. The van der Waals surface area contributed by atoms with E-state index >= 15 is 0 Å². The second-order valence-corrected chi connectivity index (χ2v) is 2.32. The molecule has 0 bridgehead atoms. The molecule has 12 heavy (non-hydrogen) atoms. The Morgan fingerprint density at radius 2 is 2.67 bits per heavy atom. The molecule has 1 aliphatic rings. The molecule has 1 aliphatic heterocycles. The van der Waals surface area contributed by atoms with Crippen molar-refractivity contribution in [3.8, 4) is 0 Å². The molecule has 1 aromatic rings. The lowest BCUT2D eigenvalue weighted by Gasteiger charge is -2.35. The van der Waals surface area contributed by atoms with Crippen LogP contribution in [0.2, 0.25) is 5.15 Å². The summed E-state index contributed by atoms with van der Waals surface area (Å²) in [5.41, 5.74) is 0. The summed E-state index contributed by atoms with van der Waals surface area (Å²) in [7, 11) is 0. The van der Waals surface area contributed by atoms with E-state index in [4.69, 9.17) is 21.2 Å². The zero-order chi connectivity index (χ0) is 14.8. The summed E-state index contributed by atoms with van der Waals surface area (Å²) >= 11 is 5.56. The van der Waals surface area contributed by atoms with E-state index in [-0.39, 0.29) is 0 Å². The summed E-state index contributed by atoms with van der Waals surface area (Å²) in [6, 6.07) is -0.479. The van der Waals surface area contributed by atoms with E-state index in [9.17, 15) is 5.11 Å². The van der Waals surface area contributed by atoms with Crippen LogP contribution in [0.4, 0.5) is 5.95 Å². The zero-order valence-electron chi connectivity index (χ0n) is 12.7. The molecule has 5 heteroatoms. The Hall–Kier alpha value is -0.870. The SMILES string of the molecule is [2H]c1nc(N2C([2H])([2H])C([2H])(O)C2([2H])[2H])nc(Cl)c1[2H]. The first-order chi connectivity index (χ1) is 8.44. The third-order valence-corrected chi connectivity index (χ3v) is 1.33. The molecule has 0 atom stereocenters. The molecule has 4 nitrogen and oxygen atoms in total. The first-order valence-corrected chi connectivity index (χ1v) is 3.36. The highest BCUT2D eigenvalue weighted by Gasteiger charge is 2.26. The van der Waals surface area contributed by atoms with Crippen molar-refractivity contribution in [2.45, 2.75) is 6.08 Å². The minimum Gasteiger partial charge on any atom is -0.389 e. The van der Waals surface area contributed by atoms with Gasteiger partial charge in [-0.2, -0.15) is 0 Å². The van der Waals surface area contributed by atoms with Crippen LogP contribution in [0.3, 0.4) is 0 Å². The predicted molar refractivity (Wildman–Crippen MR) is 45.3 cm³/mol. The van der Waals surface area contributed by atoms with Gasteiger partial charge in [0, 0.05) is 19.2 Å². The normalized spacial score (nSPS) is 37.2. The number of hydrogen-bond donors (Lipinski definition) is 1. The second-order valence-electron chi connectivity index (χ2n) is 1.96. The van der Waals surface area contributed by atoms with Crippen LogP contribution in [0.1, 0.15) is 9.60 Å². The van der Waals surface area contributed by atoms with Crippen LogP contribution < -0.4 is 4.90 Å². The summed E-state index contributed by atoms with van der Waals surface area (Å²) in [5.74, 6) is -0.599. The van der Waals surface area contributed by atoms with Gasteiger partial charge in [-0.1, -0.05) is 11.6 Å². The van der Waals surface area contributed by atoms with Crippen molar-refractivity contribution < 1.29 is 14.7 Å². The van der Waals surface area contributed by atoms with Gasteiger partial charge in [0.1, 0.15) is 5.15 Å². The standard InChI is InChI=1S/C7H8ClN3O/c8-6-1-2-9-7(10-6)11-3-5(12)4-11/h1-2,5,12H,3-4H2/i1D,2D,3D2,4D2,5D. The Morgan fingerprint density at radius 3 is 3.33 bits per heavy atom. The first-order valence-electron chi connectivity index (χ1n) is 6.48. The average Bonchev–Trinajstić information content (AvgIpc) is 2.24. The molecule has 1 aromatic heterocycles. The second kappa shape index (κ2) is 2.88. The van der Waals surface area contributed by atoms with Gasteiger partial charge in [0.2, 0.25) is 5.95 Å². The molecule has 2 heterocycles. The van der Waals surface area contributed by atoms with E-state index in [1.54, 1.807) is 0 Å². The average molecular weight is 193 g/mol. The number of β-amino-alcohol motifs (C(OH)–C–C–N with tert-alkyl or cyclic N) is 1. The smallest absolute Gasteiger partial charge is 0.226 e. The molecular weight excluding hydrogens is 178 g/mol. The van der Waals surface area contributed by atoms with Crippen LogP contribution in [-0.2, 0) is 0 Å². The molecule has 64 valence electrons. The minimum atomic E-state index is -3.02. The molecule has 0 radical (unpaired) electrons. The van der Waals surface area contributed by atoms with Crippen molar-refractivity contribution in [1.82, 2.24) is 9.97 Å². The number of rotatable bonds is 1. The molecule has 0 unspecified atom stereocenters. The lowest BCUT2D eigenvalue weighted by molar-refractivity contribution is 0.140. The summed E-state index contributed by atoms with van der Waals surface area (Å²) in [4.78, 5) is 7.27. The molecule has 0 aliphatic carbocycles. The van der Waals surface area contributed by atoms with Crippen LogP contribution >= 0.6 is 11.6 Å². The van der Waals surface area contributed by atoms with Crippen LogP contribution in [0.15, 0.2) is 12.2 Å². The molecular formula is C7H8ClN3O. The fourth-order valence-electron chi connectivity index (χ4n) is 0.677. The van der Waals surface area contributed by atoms with Gasteiger partial charge in [-0.25, -0.2) is 9.97 Å². The lowest BCUT2D eigenvalue weighted by Crippen LogP contribution is -2.51. The molecule has 0 aromatic carbocycles. The van der Waals surface area contributed by atoms with Gasteiger partial charge >= 0.3 is 0 Å². The van der Waals surface area contributed by atoms with Gasteiger partial charge in [-0.05, 0) is 6.04 Å². The highest BCUT2D eigenvalue weighted by molar-refractivity contribution is 6.29. The van der Waals surface area contributed by atoms with Crippen molar-refractivity contribution in [3.63, 3.8) is 0 Å². The Kier molecular flexibility index (Phi) is 0.748. The maximum Gasteiger partial charge on any atom is 0.226 e. The van der Waals surface area contributed by atoms with E-state index in [0.717, 1.165) is 0 Å². The molecule has 1 N–H and O–H groups in total. The fraction of sp³-hybridized carbons (Fsp3) is 0.429. The summed E-state index contributed by atoms with van der Waals surface area (Å²) in [5, 5.41) is 9.05. The zero-order valence-corrected chi connectivity index (χ0v) is 6.42. The van der Waals surface area contributed by atoms with Crippen molar-refractivity contribution in [2.24, 2.45) is 0 Å². The monoisotopic (exact) mass is 192 g/mol. The molecule has 2 rings (SSSR count). The maximum absolute atomic E-state index is 9.50. The van der Waals surface area contributed by atoms with Crippen LogP contribution in [0.25, 0.3) is 0 Å². The number of halogens is 1. The molecule has 1 fully saturated rings. The third-order valence-electron chi connectivity index (χ3n) is 1.15. The Labute approximate surface area is 84.7 Å². The Balaban J connectivity index is 2.55. The Bertz CT molecular complexity index is 510. The van der Waals surface area contributed by atoms with Gasteiger partial charge < -0.3 is 10.0 Å². The van der Waals surface area contributed by atoms with Gasteiger partial charge in [0.15, 0.2) is 0 Å². The van der Waals surface area contributed by atoms with E-state index < -0.39 is 42.4 Å². The van der Waals surface area contributed by atoms with Gasteiger partial charge in [0.05, 0.1) is 15.7 Å². The molecule has 0 spiro atoms. The number of aliphatic hydroxyl groups is 1. The minimum absolute atomic E-state index is 0.316. The van der Waals surface area contributed by atoms with Crippen molar-refractivity contribution in [3.05, 3.63) is 17.4 Å². The van der Waals surface area contributed by atoms with E-state index in [2.05, 4.69) is 9.97 Å². The molecule has 0 amide bonds. The van der Waals surface area contributed by atoms with Crippen LogP contribution in [0.5, 0.6) is 0 Å². The topological polar surface area (TPSA) is 49.2 Å². The highest BCUT2D eigenvalue weighted by atomic mass is 35.5. The molecule has 0 saturated carbocycles. The fourth-order valence-corrected chi connectivity index (χ4v) is 0.794. The van der Waals surface area contributed by atoms with E-state index in [1.807, 2.05) is 0 Å². The largest absolute Gasteiger partial charge is 0.389 e. The van der Waals surface area contributed by atoms with Gasteiger partial charge in [-0.15, -0.1) is 0 Å². The summed E-state index contributed by atoms with van der Waals surface area (Å²) in [6.07, 6.45) is -3.63. The van der Waals surface area contributed by atoms with E-state index in [0.29, 0.717) is 4.90 Å². The third kappa shape index (κ3) is 1.35. The number of anilines is 1. The summed E-state index contributed by atoms with van der Waals surface area (Å²) < 4.78 is 51.9. The maximum atomic E-state index is 9.50. The predicted octanol–water partition coefficient (Wildman–Crippen LogP) is 0.311. The van der Waals surface area contributed by atoms with Crippen LogP contribution in [-0.4, -0.2) is 34.1 Å². The van der Waals surface area contributed by atoms with Crippen molar-refractivity contribution in [2.75, 3.05) is 17.9 Å². The first kappa shape index (κ1) is 3.12. The summed E-state index contributed by atoms with van der Waals surface area (Å²) in [6.45, 7) is -5.59. The Morgan fingerprint density at radius 1 is 1.92 bits per heavy atom. The van der Waals surface area contributed by atoms with Gasteiger partial charge in [-0.3, -0.25) is 0 Å². The number of nitrogens with zero attached hydrogens (tertiary/aromatic N) is 3. The van der Waals surface area contributed by atoms with E-state index in [1.165, 1.54) is 0 Å². The number of aromatic nitrogens is 2. The molecule has 1 saturated heterocycles. The van der Waals surface area contributed by atoms with Gasteiger partial charge in [0.25, 0.3) is 0 Å². The number of hydrogen-bond acceptors (Lipinski definition) is 4. The highest BCUT2D eigenvalue weighted by Crippen LogP contribution is 2.16. The van der Waals surface area contributed by atoms with Crippen LogP contribution in [0, 0.1) is 0 Å². The quantitative estimate of drug-likeness (QED) is 0.651.